The molecule has 704 valence electrons. The average molecular weight is 1690 g/mol. The average Bonchev–Trinajstić information content (AvgIpc) is 0.951. The Labute approximate surface area is 733 Å². The fourth-order valence-corrected chi connectivity index (χ4v) is 10.2. The highest BCUT2D eigenvalue weighted by molar-refractivity contribution is 5.77. The van der Waals surface area contributed by atoms with Gasteiger partial charge in [-0.1, -0.05) is 288 Å². The summed E-state index contributed by atoms with van der Waals surface area (Å²) >= 11 is 0. The van der Waals surface area contributed by atoms with E-state index < -0.39 is 5.97 Å². The molecule has 5 N–H and O–H groups in total. The van der Waals surface area contributed by atoms with E-state index in [-0.39, 0.29) is 93.8 Å². The Hall–Kier alpha value is -6.41. The molecule has 4 rings (SSSR count). The number of methoxy groups -OCH3 is 1. The highest BCUT2D eigenvalue weighted by atomic mass is 16.6. The van der Waals surface area contributed by atoms with Gasteiger partial charge in [0.05, 0.1) is 13.7 Å². The van der Waals surface area contributed by atoms with Crippen LogP contribution in [-0.4, -0.2) is 141 Å². The number of hydrogen-bond donors (Lipinski definition) is 5. The van der Waals surface area contributed by atoms with Gasteiger partial charge < -0.3 is 55.0 Å². The minimum atomic E-state index is -0.713. The minimum Gasteiger partial charge on any atom is -0.481 e. The molecule has 20 nitrogen and oxygen atoms in total. The van der Waals surface area contributed by atoms with E-state index in [4.69, 9.17) is 24.1 Å². The van der Waals surface area contributed by atoms with Crippen LogP contribution in [0.15, 0.2) is 60.7 Å². The van der Waals surface area contributed by atoms with Gasteiger partial charge in [0.15, 0.2) is 0 Å². The topological polar surface area (TPSA) is 271 Å². The summed E-state index contributed by atoms with van der Waals surface area (Å²) in [6.45, 7) is 65.4. The zero-order valence-electron chi connectivity index (χ0n) is 80.4. The summed E-state index contributed by atoms with van der Waals surface area (Å²) in [6, 6.07) is 21.4. The fourth-order valence-electron chi connectivity index (χ4n) is 10.2. The van der Waals surface area contributed by atoms with E-state index in [1.54, 1.807) is 0 Å². The van der Waals surface area contributed by atoms with Crippen LogP contribution in [0.1, 0.15) is 363 Å². The van der Waals surface area contributed by atoms with E-state index in [0.717, 1.165) is 62.5 Å². The largest absolute Gasteiger partial charge is 0.481 e. The van der Waals surface area contributed by atoms with E-state index in [0.29, 0.717) is 124 Å². The number of rotatable bonds is 33. The molecule has 1 aliphatic heterocycles. The minimum absolute atomic E-state index is 0. The number of aliphatic carboxylic acids is 1. The van der Waals surface area contributed by atoms with E-state index in [1.807, 2.05) is 183 Å². The lowest BCUT2D eigenvalue weighted by atomic mass is 9.95. The van der Waals surface area contributed by atoms with Gasteiger partial charge in [0, 0.05) is 102 Å². The molecule has 1 heterocycles. The monoisotopic (exact) mass is 1690 g/mol. The van der Waals surface area contributed by atoms with Crippen LogP contribution in [0.5, 0.6) is 0 Å². The molecular formula is C99H193N5O15. The highest BCUT2D eigenvalue weighted by Crippen LogP contribution is 2.19. The second-order valence-corrected chi connectivity index (χ2v) is 36.9. The van der Waals surface area contributed by atoms with E-state index in [2.05, 4.69) is 130 Å². The van der Waals surface area contributed by atoms with E-state index in [1.165, 1.54) is 70.5 Å². The number of nitrogens with zero attached hydrogens (tertiary/aromatic N) is 1. The number of likely N-dealkylation sites (N-methyl/N-ethyl adjacent to an activating group) is 1. The Balaban J connectivity index is -0.000000138. The predicted octanol–water partition coefficient (Wildman–Crippen LogP) is 23.4. The van der Waals surface area contributed by atoms with Crippen LogP contribution in [-0.2, 0) is 79.9 Å². The summed E-state index contributed by atoms with van der Waals surface area (Å²) in [5.41, 5.74) is 2.13. The quantitative estimate of drug-likeness (QED) is 0.0328. The van der Waals surface area contributed by atoms with Gasteiger partial charge in [-0.3, -0.25) is 43.2 Å². The number of nitrogens with one attached hydrogen (secondary N) is 4. The maximum Gasteiger partial charge on any atom is 0.306 e. The van der Waals surface area contributed by atoms with Crippen molar-refractivity contribution in [1.29, 1.82) is 0 Å². The Morgan fingerprint density at radius 2 is 0.790 bits per heavy atom. The fraction of sp³-hybridized carbons (Fsp3) is 0.788. The van der Waals surface area contributed by atoms with Crippen LogP contribution >= 0.6 is 0 Å². The smallest absolute Gasteiger partial charge is 0.306 e. The molecule has 2 aromatic carbocycles. The van der Waals surface area contributed by atoms with Crippen LogP contribution < -0.4 is 21.3 Å². The molecule has 20 heteroatoms. The molecule has 0 spiro atoms. The van der Waals surface area contributed by atoms with Gasteiger partial charge in [-0.15, -0.1) is 0 Å². The van der Waals surface area contributed by atoms with Crippen molar-refractivity contribution in [2.24, 2.45) is 71.0 Å². The zero-order chi connectivity index (χ0) is 90.9. The van der Waals surface area contributed by atoms with Gasteiger partial charge >= 0.3 is 29.8 Å². The molecule has 1 saturated carbocycles. The van der Waals surface area contributed by atoms with E-state index >= 15 is 0 Å². The molecule has 2 aliphatic rings. The predicted molar refractivity (Wildman–Crippen MR) is 504 cm³/mol. The van der Waals surface area contributed by atoms with Crippen molar-refractivity contribution in [3.8, 4) is 0 Å². The maximum absolute atomic E-state index is 11.4. The third-order valence-corrected chi connectivity index (χ3v) is 15.4. The second kappa shape index (κ2) is 86.5. The summed E-state index contributed by atoms with van der Waals surface area (Å²) in [5, 5.41) is 19.9. The van der Waals surface area contributed by atoms with Crippen LogP contribution in [0.25, 0.3) is 0 Å². The van der Waals surface area contributed by atoms with Gasteiger partial charge in [0.1, 0.15) is 12.2 Å². The highest BCUT2D eigenvalue weighted by Gasteiger charge is 2.19. The van der Waals surface area contributed by atoms with Gasteiger partial charge in [-0.05, 0) is 170 Å². The molecular weight excluding hydrogens is 1500 g/mol. The number of amides is 4. The molecule has 0 radical (unpaired) electrons. The number of carbonyl (C=O) groups excluding carboxylic acids is 8. The molecule has 0 unspecified atom stereocenters. The molecule has 2 aromatic rings. The standard InChI is InChI=1S/C12H16O2.C11H21NO.C10H19NO2.C10H14.C9H20N2O.C9H18O2.C9H20.C8H17NO.C7H14O2.C6H12O2.C5H10O2.3CH4/c1-10(2)8-12(13)14-9-11-6-4-3-5-7-11;1-9(2)8-11(13)12-10-6-4-3-5-7-10;1-8(2)7-10(12)11-9-3-5-13-6-4-9;1-9(2)8-10-6-4-3-5-7-10;1-8(2)7-9(12)10-5-6-11(3)4;1-7(2)6-8(10)11-9(3,4)5;1-8(2)6-5-7-9(3)4;1-6(2)5-8(10)9-7(3)4;1-4-9-7(8)5-6(2)3;1-5(2)4-6(7)8-3;1-4(2)3-5(6)7;;;/h3-7,10H,8-9H2,1-2H3;9-10H,3-8H2,1-2H3,(H,12,13);8-9H,3-7H2,1-2H3,(H,11,12);3-7,9H,8H2,1-2H3;8H,5-7H2,1-4H3,(H,10,12);7H,6H2,1-5H3;8-9H,5-7H2,1-4H3;6-7H,5H2,1-4H3,(H,9,10);6H,4-5H2,1-3H3;5H,4H2,1-3H3;4H,3H2,1-2H3,(H,6,7);3*1H4. The Morgan fingerprint density at radius 3 is 1.11 bits per heavy atom. The zero-order valence-corrected chi connectivity index (χ0v) is 80.4. The Morgan fingerprint density at radius 1 is 0.437 bits per heavy atom. The number of benzene rings is 2. The lowest BCUT2D eigenvalue weighted by Crippen LogP contribution is -2.39. The maximum atomic E-state index is 11.4. The SMILES string of the molecule is C.C.C.CC(C)CC(=O)NC(C)C.CC(C)CC(=O)NC1CCCCC1.CC(C)CC(=O)NC1CCOCC1.CC(C)CC(=O)NCCN(C)C.CC(C)CC(=O)O.CC(C)CC(=O)OC(C)(C)C.CC(C)CC(=O)OCc1ccccc1.CC(C)CCCC(C)C.CC(C)Cc1ccccc1.CCOC(=O)CC(C)C.COC(=O)CC(C)C. The number of carboxylic acid groups (broad SMARTS) is 1. The molecule has 1 aliphatic carbocycles. The summed E-state index contributed by atoms with van der Waals surface area (Å²) in [4.78, 5) is 100.0. The Kier molecular flexibility index (Phi) is 96.9. The molecule has 0 atom stereocenters. The van der Waals surface area contributed by atoms with Crippen LogP contribution in [0.2, 0.25) is 0 Å². The number of ether oxygens (including phenoxy) is 5. The number of carboxylic acids is 1. The van der Waals surface area contributed by atoms with Gasteiger partial charge in [0.2, 0.25) is 23.6 Å². The molecule has 4 amide bonds. The first-order valence-corrected chi connectivity index (χ1v) is 44.0. The van der Waals surface area contributed by atoms with Gasteiger partial charge in [0.25, 0.3) is 0 Å². The van der Waals surface area contributed by atoms with Gasteiger partial charge in [-0.2, -0.15) is 0 Å². The first-order chi connectivity index (χ1) is 53.8. The second-order valence-electron chi connectivity index (χ2n) is 36.9. The molecule has 2 fully saturated rings. The van der Waals surface area contributed by atoms with E-state index in [9.17, 15) is 43.2 Å². The molecule has 1 saturated heterocycles. The molecule has 119 heavy (non-hydrogen) atoms. The summed E-state index contributed by atoms with van der Waals surface area (Å²) in [6.07, 6.45) is 18.5. The third kappa shape index (κ3) is 123. The first-order valence-electron chi connectivity index (χ1n) is 44.0. The van der Waals surface area contributed by atoms with Crippen molar-refractivity contribution >= 4 is 53.5 Å². The summed E-state index contributed by atoms with van der Waals surface area (Å²) < 4.78 is 24.6. The van der Waals surface area contributed by atoms with Crippen molar-refractivity contribution in [3.05, 3.63) is 71.8 Å². The number of esters is 4. The van der Waals surface area contributed by atoms with Crippen molar-refractivity contribution in [1.82, 2.24) is 26.2 Å². The summed E-state index contributed by atoms with van der Waals surface area (Å²) in [5.74, 6) is 5.79. The van der Waals surface area contributed by atoms with Crippen LogP contribution in [0, 0.1) is 71.0 Å². The van der Waals surface area contributed by atoms with Crippen molar-refractivity contribution in [2.75, 3.05) is 54.1 Å². The third-order valence-electron chi connectivity index (χ3n) is 15.4. The van der Waals surface area contributed by atoms with Crippen molar-refractivity contribution < 1.29 is 71.9 Å². The van der Waals surface area contributed by atoms with Crippen molar-refractivity contribution in [3.63, 3.8) is 0 Å². The number of carbonyl (C=O) groups is 9. The lowest BCUT2D eigenvalue weighted by Gasteiger charge is -2.23. The lowest BCUT2D eigenvalue weighted by molar-refractivity contribution is -0.156. The normalized spacial score (nSPS) is 12.1. The number of hydrogen-bond acceptors (Lipinski definition) is 15. The molecule has 0 aromatic heterocycles. The summed E-state index contributed by atoms with van der Waals surface area (Å²) in [7, 11) is 5.40. The van der Waals surface area contributed by atoms with Crippen molar-refractivity contribution in [2.45, 2.75) is 389 Å². The van der Waals surface area contributed by atoms with Crippen LogP contribution in [0.3, 0.4) is 0 Å². The first kappa shape index (κ1) is 133. The van der Waals surface area contributed by atoms with Crippen LogP contribution in [0.4, 0.5) is 0 Å². The van der Waals surface area contributed by atoms with Gasteiger partial charge in [-0.25, -0.2) is 0 Å². The molecule has 0 bridgehead atoms. The Bertz CT molecular complexity index is 2600.